The van der Waals surface area contributed by atoms with E-state index in [0.29, 0.717) is 13.1 Å². The summed E-state index contributed by atoms with van der Waals surface area (Å²) in [5, 5.41) is 0. The zero-order chi connectivity index (χ0) is 16.4. The van der Waals surface area contributed by atoms with E-state index in [1.807, 2.05) is 30.3 Å². The molecule has 3 rings (SSSR count). The number of nitrogens with zero attached hydrogens (tertiary/aromatic N) is 1. The van der Waals surface area contributed by atoms with Gasteiger partial charge in [-0.1, -0.05) is 30.3 Å². The second-order valence-corrected chi connectivity index (χ2v) is 7.46. The van der Waals surface area contributed by atoms with Gasteiger partial charge in [-0.15, -0.1) is 0 Å². The maximum absolute atomic E-state index is 13.5. The predicted molar refractivity (Wildman–Crippen MR) is 85.5 cm³/mol. The van der Waals surface area contributed by atoms with Crippen molar-refractivity contribution >= 4 is 10.0 Å². The zero-order valence-corrected chi connectivity index (χ0v) is 13.6. The van der Waals surface area contributed by atoms with Crippen LogP contribution in [0.1, 0.15) is 17.9 Å². The van der Waals surface area contributed by atoms with Crippen LogP contribution < -0.4 is 4.74 Å². The highest BCUT2D eigenvalue weighted by Gasteiger charge is 2.35. The molecule has 4 nitrogen and oxygen atoms in total. The van der Waals surface area contributed by atoms with Crippen LogP contribution in [0.25, 0.3) is 0 Å². The number of rotatable bonds is 4. The molecule has 0 saturated carbocycles. The molecule has 122 valence electrons. The molecule has 2 aromatic rings. The molecule has 1 atom stereocenters. The minimum Gasteiger partial charge on any atom is -0.495 e. The van der Waals surface area contributed by atoms with E-state index in [-0.39, 0.29) is 16.6 Å². The number of methoxy groups -OCH3 is 1. The van der Waals surface area contributed by atoms with E-state index >= 15 is 0 Å². The third kappa shape index (κ3) is 3.09. The first kappa shape index (κ1) is 16.0. The molecule has 0 aromatic heterocycles. The Balaban J connectivity index is 1.89. The lowest BCUT2D eigenvalue weighted by Crippen LogP contribution is -2.29. The van der Waals surface area contributed by atoms with Crippen molar-refractivity contribution in [1.82, 2.24) is 4.31 Å². The van der Waals surface area contributed by atoms with Gasteiger partial charge in [0.2, 0.25) is 10.0 Å². The second-order valence-electron chi connectivity index (χ2n) is 5.55. The van der Waals surface area contributed by atoms with Crippen LogP contribution >= 0.6 is 0 Å². The van der Waals surface area contributed by atoms with Gasteiger partial charge in [-0.25, -0.2) is 12.8 Å². The zero-order valence-electron chi connectivity index (χ0n) is 12.8. The van der Waals surface area contributed by atoms with Crippen LogP contribution in [0.5, 0.6) is 5.75 Å². The van der Waals surface area contributed by atoms with Crippen LogP contribution in [0.2, 0.25) is 0 Å². The molecule has 0 N–H and O–H groups in total. The maximum atomic E-state index is 13.5. The molecular formula is C17H18FNO3S. The Morgan fingerprint density at radius 3 is 2.61 bits per heavy atom. The van der Waals surface area contributed by atoms with Crippen molar-refractivity contribution in [1.29, 1.82) is 0 Å². The Bertz CT molecular complexity index is 793. The topological polar surface area (TPSA) is 46.6 Å². The Morgan fingerprint density at radius 2 is 1.91 bits per heavy atom. The third-order valence-electron chi connectivity index (χ3n) is 4.17. The lowest BCUT2D eigenvalue weighted by molar-refractivity contribution is 0.396. The van der Waals surface area contributed by atoms with E-state index in [9.17, 15) is 12.8 Å². The van der Waals surface area contributed by atoms with Gasteiger partial charge in [0.15, 0.2) is 0 Å². The molecule has 2 aromatic carbocycles. The van der Waals surface area contributed by atoms with Crippen molar-refractivity contribution < 1.29 is 17.5 Å². The van der Waals surface area contributed by atoms with Gasteiger partial charge in [-0.2, -0.15) is 4.31 Å². The molecule has 1 unspecified atom stereocenters. The van der Waals surface area contributed by atoms with Crippen LogP contribution in [-0.4, -0.2) is 32.9 Å². The standard InChI is InChI=1S/C17H18FNO3S/c1-22-16-8-7-15(18)11-17(16)23(20,21)19-10-9-14(12-19)13-5-3-2-4-6-13/h2-8,11,14H,9-10,12H2,1H3. The quantitative estimate of drug-likeness (QED) is 0.863. The summed E-state index contributed by atoms with van der Waals surface area (Å²) < 4.78 is 45.6. The summed E-state index contributed by atoms with van der Waals surface area (Å²) in [6.45, 7) is 0.813. The summed E-state index contributed by atoms with van der Waals surface area (Å²) in [6.07, 6.45) is 0.751. The van der Waals surface area contributed by atoms with Gasteiger partial charge in [0, 0.05) is 13.1 Å². The minimum absolute atomic E-state index is 0.117. The minimum atomic E-state index is -3.78. The molecule has 23 heavy (non-hydrogen) atoms. The molecule has 1 fully saturated rings. The lowest BCUT2D eigenvalue weighted by atomic mass is 9.99. The number of hydrogen-bond acceptors (Lipinski definition) is 3. The first-order chi connectivity index (χ1) is 11.0. The molecule has 6 heteroatoms. The summed E-state index contributed by atoms with van der Waals surface area (Å²) in [5.74, 6) is -0.275. The smallest absolute Gasteiger partial charge is 0.246 e. The largest absolute Gasteiger partial charge is 0.495 e. The Hall–Kier alpha value is -1.92. The van der Waals surface area contributed by atoms with Crippen molar-refractivity contribution in [3.05, 3.63) is 59.9 Å². The summed E-state index contributed by atoms with van der Waals surface area (Å²) in [5.41, 5.74) is 1.12. The van der Waals surface area contributed by atoms with Crippen molar-refractivity contribution in [3.63, 3.8) is 0 Å². The summed E-state index contributed by atoms with van der Waals surface area (Å²) in [4.78, 5) is -0.117. The van der Waals surface area contributed by atoms with Crippen molar-refractivity contribution in [2.24, 2.45) is 0 Å². The van der Waals surface area contributed by atoms with Crippen LogP contribution in [0.4, 0.5) is 4.39 Å². The fourth-order valence-electron chi connectivity index (χ4n) is 2.94. The predicted octanol–water partition coefficient (Wildman–Crippen LogP) is 3.01. The SMILES string of the molecule is COc1ccc(F)cc1S(=O)(=O)N1CCC(c2ccccc2)C1. The molecule has 1 heterocycles. The molecule has 1 saturated heterocycles. The van der Waals surface area contributed by atoms with E-state index in [1.54, 1.807) is 0 Å². The molecule has 0 amide bonds. The molecule has 0 bridgehead atoms. The average molecular weight is 335 g/mol. The van der Waals surface area contributed by atoms with Gasteiger partial charge in [-0.05, 0) is 36.1 Å². The number of ether oxygens (including phenoxy) is 1. The fourth-order valence-corrected chi connectivity index (χ4v) is 4.60. The van der Waals surface area contributed by atoms with E-state index in [0.717, 1.165) is 18.1 Å². The van der Waals surface area contributed by atoms with Gasteiger partial charge in [-0.3, -0.25) is 0 Å². The summed E-state index contributed by atoms with van der Waals surface area (Å²) in [7, 11) is -2.40. The normalized spacial score (nSPS) is 19.0. The van der Waals surface area contributed by atoms with Gasteiger partial charge in [0.1, 0.15) is 16.5 Å². The Morgan fingerprint density at radius 1 is 1.17 bits per heavy atom. The van der Waals surface area contributed by atoms with E-state index in [1.165, 1.54) is 23.5 Å². The van der Waals surface area contributed by atoms with Crippen molar-refractivity contribution in [3.8, 4) is 5.75 Å². The molecular weight excluding hydrogens is 317 g/mol. The highest BCUT2D eigenvalue weighted by atomic mass is 32.2. The highest BCUT2D eigenvalue weighted by Crippen LogP contribution is 2.34. The van der Waals surface area contributed by atoms with Gasteiger partial charge in [0.25, 0.3) is 0 Å². The monoisotopic (exact) mass is 335 g/mol. The summed E-state index contributed by atoms with van der Waals surface area (Å²) in [6, 6.07) is 13.4. The van der Waals surface area contributed by atoms with Crippen molar-refractivity contribution in [2.75, 3.05) is 20.2 Å². The molecule has 1 aliphatic rings. The number of hydrogen-bond donors (Lipinski definition) is 0. The molecule has 0 radical (unpaired) electrons. The second kappa shape index (κ2) is 6.29. The number of halogens is 1. The lowest BCUT2D eigenvalue weighted by Gasteiger charge is -2.18. The third-order valence-corrected chi connectivity index (χ3v) is 6.05. The Labute approximate surface area is 135 Å². The fraction of sp³-hybridized carbons (Fsp3) is 0.294. The molecule has 0 aliphatic carbocycles. The highest BCUT2D eigenvalue weighted by molar-refractivity contribution is 7.89. The van der Waals surface area contributed by atoms with E-state index in [4.69, 9.17) is 4.74 Å². The first-order valence-electron chi connectivity index (χ1n) is 7.41. The maximum Gasteiger partial charge on any atom is 0.246 e. The first-order valence-corrected chi connectivity index (χ1v) is 8.85. The van der Waals surface area contributed by atoms with Gasteiger partial charge < -0.3 is 4.74 Å². The van der Waals surface area contributed by atoms with Crippen molar-refractivity contribution in [2.45, 2.75) is 17.2 Å². The molecule has 0 spiro atoms. The van der Waals surface area contributed by atoms with Gasteiger partial charge >= 0.3 is 0 Å². The van der Waals surface area contributed by atoms with Crippen LogP contribution in [0.15, 0.2) is 53.4 Å². The molecule has 1 aliphatic heterocycles. The van der Waals surface area contributed by atoms with Crippen LogP contribution in [-0.2, 0) is 10.0 Å². The van der Waals surface area contributed by atoms with Crippen LogP contribution in [0, 0.1) is 5.82 Å². The Kier molecular flexibility index (Phi) is 4.37. The number of benzene rings is 2. The average Bonchev–Trinajstić information content (AvgIpc) is 3.06. The van der Waals surface area contributed by atoms with E-state index < -0.39 is 15.8 Å². The summed E-state index contributed by atoms with van der Waals surface area (Å²) >= 11 is 0. The van der Waals surface area contributed by atoms with E-state index in [2.05, 4.69) is 0 Å². The van der Waals surface area contributed by atoms with Gasteiger partial charge in [0.05, 0.1) is 7.11 Å². The van der Waals surface area contributed by atoms with Crippen LogP contribution in [0.3, 0.4) is 0 Å². The number of sulfonamides is 1.